The molecule has 6 nitrogen and oxygen atoms in total. The first kappa shape index (κ1) is 23.4. The monoisotopic (exact) mass is 483 g/mol. The number of benzene rings is 2. The first-order chi connectivity index (χ1) is 15.8. The van der Waals surface area contributed by atoms with Gasteiger partial charge in [-0.3, -0.25) is 9.59 Å². The largest absolute Gasteiger partial charge is 0.493 e. The van der Waals surface area contributed by atoms with Crippen molar-refractivity contribution in [2.45, 2.75) is 37.1 Å². The maximum absolute atomic E-state index is 13.1. The van der Waals surface area contributed by atoms with Gasteiger partial charge < -0.3 is 14.6 Å². The fraction of sp³-hybridized carbons (Fsp3) is 0.320. The minimum absolute atomic E-state index is 0.129. The first-order valence-corrected chi connectivity index (χ1v) is 12.2. The van der Waals surface area contributed by atoms with Crippen LogP contribution in [0.15, 0.2) is 58.5 Å². The quantitative estimate of drug-likeness (QED) is 0.367. The number of thioether (sulfide) groups is 1. The van der Waals surface area contributed by atoms with E-state index in [9.17, 15) is 9.59 Å². The zero-order valence-corrected chi connectivity index (χ0v) is 20.4. The normalized spacial score (nSPS) is 15.3. The van der Waals surface area contributed by atoms with Gasteiger partial charge in [-0.2, -0.15) is 4.98 Å². The molecule has 0 fully saturated rings. The lowest BCUT2D eigenvalue weighted by Gasteiger charge is -2.27. The summed E-state index contributed by atoms with van der Waals surface area (Å²) >= 11 is 7.67. The Hall–Kier alpha value is -2.77. The summed E-state index contributed by atoms with van der Waals surface area (Å²) in [5.74, 6) is 1.77. The van der Waals surface area contributed by atoms with Crippen molar-refractivity contribution >= 4 is 35.1 Å². The number of carbonyl (C=O) groups excluding carboxylic acids is 1. The van der Waals surface area contributed by atoms with E-state index >= 15 is 0 Å². The van der Waals surface area contributed by atoms with Crippen LogP contribution in [0.4, 0.5) is 5.82 Å². The fourth-order valence-electron chi connectivity index (χ4n) is 3.77. The molecule has 2 heterocycles. The lowest BCUT2D eigenvalue weighted by molar-refractivity contribution is -0.116. The zero-order valence-electron chi connectivity index (χ0n) is 18.8. The molecule has 4 rings (SSSR count). The number of nitrogens with one attached hydrogen (secondary N) is 1. The second kappa shape index (κ2) is 10.0. The van der Waals surface area contributed by atoms with E-state index in [-0.39, 0.29) is 23.8 Å². The second-order valence-corrected chi connectivity index (χ2v) is 9.83. The highest BCUT2D eigenvalue weighted by molar-refractivity contribution is 7.98. The van der Waals surface area contributed by atoms with Crippen LogP contribution in [0.5, 0.6) is 5.75 Å². The maximum Gasteiger partial charge on any atom is 0.279 e. The molecule has 8 heteroatoms. The number of amides is 1. The van der Waals surface area contributed by atoms with Crippen molar-refractivity contribution in [1.29, 1.82) is 0 Å². The van der Waals surface area contributed by atoms with E-state index in [1.54, 1.807) is 4.57 Å². The minimum atomic E-state index is -0.360. The van der Waals surface area contributed by atoms with Crippen molar-refractivity contribution in [2.75, 3.05) is 11.9 Å². The van der Waals surface area contributed by atoms with Gasteiger partial charge in [0.05, 0.1) is 12.2 Å². The van der Waals surface area contributed by atoms with Gasteiger partial charge >= 0.3 is 0 Å². The summed E-state index contributed by atoms with van der Waals surface area (Å²) in [6.45, 7) is 4.82. The molecule has 0 radical (unpaired) electrons. The van der Waals surface area contributed by atoms with Gasteiger partial charge in [-0.05, 0) is 35.2 Å². The van der Waals surface area contributed by atoms with Crippen molar-refractivity contribution in [1.82, 2.24) is 9.55 Å². The molecule has 0 saturated carbocycles. The van der Waals surface area contributed by atoms with Gasteiger partial charge in [-0.15, -0.1) is 0 Å². The summed E-state index contributed by atoms with van der Waals surface area (Å²) < 4.78 is 7.54. The van der Waals surface area contributed by atoms with E-state index in [4.69, 9.17) is 16.3 Å². The number of rotatable bonds is 7. The van der Waals surface area contributed by atoms with Crippen molar-refractivity contribution in [2.24, 2.45) is 13.0 Å². The lowest BCUT2D eigenvalue weighted by atomic mass is 9.87. The summed E-state index contributed by atoms with van der Waals surface area (Å²) in [5, 5.41) is 4.08. The molecule has 3 aromatic rings. The Morgan fingerprint density at radius 3 is 2.61 bits per heavy atom. The van der Waals surface area contributed by atoms with Crippen LogP contribution in [-0.4, -0.2) is 22.1 Å². The molecule has 1 atom stereocenters. The number of hydrogen-bond acceptors (Lipinski definition) is 5. The van der Waals surface area contributed by atoms with Crippen LogP contribution in [0.3, 0.4) is 0 Å². The Morgan fingerprint density at radius 2 is 1.91 bits per heavy atom. The third-order valence-electron chi connectivity index (χ3n) is 5.48. The highest BCUT2D eigenvalue weighted by atomic mass is 35.5. The topological polar surface area (TPSA) is 73.2 Å². The van der Waals surface area contributed by atoms with Crippen LogP contribution < -0.4 is 15.6 Å². The standard InChI is InChI=1S/C25H26ClN3O3S/c1-15(2)13-32-18-10-8-16(9-11-18)19-12-21(30)27-23-22(19)24(31)28-25(29(23)3)33-14-17-6-4-5-7-20(17)26/h4-11,15,19H,12-14H2,1-3H3,(H,27,30)/t19-/m1/s1. The number of anilines is 1. The zero-order chi connectivity index (χ0) is 23.5. The molecule has 0 spiro atoms. The summed E-state index contributed by atoms with van der Waals surface area (Å²) in [4.78, 5) is 30.0. The molecular weight excluding hydrogens is 458 g/mol. The average molecular weight is 484 g/mol. The average Bonchev–Trinajstić information content (AvgIpc) is 2.79. The van der Waals surface area contributed by atoms with Crippen LogP contribution >= 0.6 is 23.4 Å². The summed E-state index contributed by atoms with van der Waals surface area (Å²) in [6.07, 6.45) is 0.197. The molecule has 0 unspecified atom stereocenters. The molecule has 0 aliphatic carbocycles. The molecule has 0 bridgehead atoms. The number of carbonyl (C=O) groups is 1. The van der Waals surface area contributed by atoms with Gasteiger partial charge in [0.2, 0.25) is 5.91 Å². The SMILES string of the molecule is CC(C)COc1ccc([C@H]2CC(=O)Nc3c2c(=O)nc(SCc2ccccc2Cl)n3C)cc1. The molecule has 1 aliphatic rings. The molecule has 1 amide bonds. The van der Waals surface area contributed by atoms with E-state index in [1.165, 1.54) is 11.8 Å². The van der Waals surface area contributed by atoms with Gasteiger partial charge in [-0.1, -0.05) is 67.5 Å². The first-order valence-electron chi connectivity index (χ1n) is 10.8. The van der Waals surface area contributed by atoms with Gasteiger partial charge in [0, 0.05) is 30.2 Å². The van der Waals surface area contributed by atoms with Crippen molar-refractivity contribution in [3.63, 3.8) is 0 Å². The van der Waals surface area contributed by atoms with Crippen molar-refractivity contribution < 1.29 is 9.53 Å². The second-order valence-electron chi connectivity index (χ2n) is 8.48. The van der Waals surface area contributed by atoms with Crippen LogP contribution in [-0.2, 0) is 17.6 Å². The summed E-state index contributed by atoms with van der Waals surface area (Å²) in [5.41, 5.74) is 2.03. The molecule has 1 aromatic heterocycles. The van der Waals surface area contributed by atoms with Crippen molar-refractivity contribution in [3.05, 3.63) is 80.6 Å². The molecular formula is C25H26ClN3O3S. The molecule has 33 heavy (non-hydrogen) atoms. The van der Waals surface area contributed by atoms with Crippen molar-refractivity contribution in [3.8, 4) is 5.75 Å². The number of ether oxygens (including phenoxy) is 1. The van der Waals surface area contributed by atoms with E-state index in [0.717, 1.165) is 16.9 Å². The molecule has 172 valence electrons. The van der Waals surface area contributed by atoms with Crippen LogP contribution in [0.2, 0.25) is 5.02 Å². The number of fused-ring (bicyclic) bond motifs is 1. The summed E-state index contributed by atoms with van der Waals surface area (Å²) in [6, 6.07) is 15.2. The van der Waals surface area contributed by atoms with E-state index < -0.39 is 0 Å². The molecule has 1 aliphatic heterocycles. The van der Waals surface area contributed by atoms with Gasteiger partial charge in [0.1, 0.15) is 11.6 Å². The Morgan fingerprint density at radius 1 is 1.18 bits per heavy atom. The summed E-state index contributed by atoms with van der Waals surface area (Å²) in [7, 11) is 1.81. The Bertz CT molecular complexity index is 1220. The number of halogens is 1. The van der Waals surface area contributed by atoms with Gasteiger partial charge in [0.25, 0.3) is 5.56 Å². The minimum Gasteiger partial charge on any atom is -0.493 e. The predicted molar refractivity (Wildman–Crippen MR) is 132 cm³/mol. The number of hydrogen-bond donors (Lipinski definition) is 1. The third-order valence-corrected chi connectivity index (χ3v) is 6.93. The Labute approximate surface area is 202 Å². The number of nitrogens with zero attached hydrogens (tertiary/aromatic N) is 2. The van der Waals surface area contributed by atoms with Crippen LogP contribution in [0, 0.1) is 5.92 Å². The van der Waals surface area contributed by atoms with Crippen LogP contribution in [0.25, 0.3) is 0 Å². The van der Waals surface area contributed by atoms with Gasteiger partial charge in [0.15, 0.2) is 5.16 Å². The van der Waals surface area contributed by atoms with E-state index in [2.05, 4.69) is 24.1 Å². The predicted octanol–water partition coefficient (Wildman–Crippen LogP) is 5.23. The molecule has 1 N–H and O–H groups in total. The van der Waals surface area contributed by atoms with E-state index in [1.807, 2.05) is 55.6 Å². The fourth-order valence-corrected chi connectivity index (χ4v) is 5.02. The van der Waals surface area contributed by atoms with Crippen LogP contribution in [0.1, 0.15) is 42.9 Å². The lowest BCUT2D eigenvalue weighted by Crippen LogP contribution is -2.33. The maximum atomic E-state index is 13.1. The third kappa shape index (κ3) is 5.25. The van der Waals surface area contributed by atoms with E-state index in [0.29, 0.717) is 39.8 Å². The number of aromatic nitrogens is 2. The highest BCUT2D eigenvalue weighted by Crippen LogP contribution is 2.37. The molecule has 2 aromatic carbocycles. The Balaban J connectivity index is 1.63. The highest BCUT2D eigenvalue weighted by Gasteiger charge is 2.32. The Kier molecular flexibility index (Phi) is 7.10. The van der Waals surface area contributed by atoms with Gasteiger partial charge in [-0.25, -0.2) is 0 Å². The molecule has 0 saturated heterocycles. The smallest absolute Gasteiger partial charge is 0.279 e.